The van der Waals surface area contributed by atoms with Crippen LogP contribution in [-0.4, -0.2) is 9.79 Å². The average molecular weight is 332 g/mol. The minimum atomic E-state index is -4.07. The van der Waals surface area contributed by atoms with Crippen LogP contribution >= 0.6 is 7.60 Å². The van der Waals surface area contributed by atoms with Crippen LogP contribution in [0.5, 0.6) is 0 Å². The molecule has 0 saturated heterocycles. The van der Waals surface area contributed by atoms with Crippen molar-refractivity contribution in [2.24, 2.45) is 11.8 Å². The molecule has 2 N–H and O–H groups in total. The van der Waals surface area contributed by atoms with Crippen molar-refractivity contribution in [2.75, 3.05) is 0 Å². The summed E-state index contributed by atoms with van der Waals surface area (Å²) in [4.78, 5) is 18.7. The first-order valence-electron chi connectivity index (χ1n) is 9.11. The van der Waals surface area contributed by atoms with Crippen LogP contribution in [0.15, 0.2) is 11.4 Å². The van der Waals surface area contributed by atoms with Crippen LogP contribution in [0.1, 0.15) is 91.9 Å². The molecule has 132 valence electrons. The lowest BCUT2D eigenvalue weighted by Crippen LogP contribution is -2.06. The highest BCUT2D eigenvalue weighted by Gasteiger charge is 2.18. The third-order valence-corrected chi connectivity index (χ3v) is 5.24. The zero-order valence-electron chi connectivity index (χ0n) is 15.1. The number of allylic oxidation sites excluding steroid dienone is 1. The van der Waals surface area contributed by atoms with Crippen molar-refractivity contribution in [1.82, 2.24) is 0 Å². The van der Waals surface area contributed by atoms with Gasteiger partial charge in [-0.05, 0) is 24.7 Å². The molecule has 2 atom stereocenters. The van der Waals surface area contributed by atoms with Gasteiger partial charge in [-0.15, -0.1) is 0 Å². The molecule has 0 aromatic heterocycles. The second kappa shape index (κ2) is 12.3. The molecule has 0 heterocycles. The van der Waals surface area contributed by atoms with Crippen molar-refractivity contribution >= 4 is 7.60 Å². The molecule has 0 aromatic rings. The molecule has 4 heteroatoms. The maximum atomic E-state index is 11.4. The van der Waals surface area contributed by atoms with Crippen LogP contribution in [0, 0.1) is 11.8 Å². The van der Waals surface area contributed by atoms with E-state index in [0.717, 1.165) is 44.1 Å². The van der Waals surface area contributed by atoms with E-state index in [4.69, 9.17) is 0 Å². The summed E-state index contributed by atoms with van der Waals surface area (Å²) in [7, 11) is -4.07. The van der Waals surface area contributed by atoms with E-state index in [1.165, 1.54) is 31.5 Å². The van der Waals surface area contributed by atoms with Crippen molar-refractivity contribution in [3.8, 4) is 0 Å². The first-order chi connectivity index (χ1) is 10.4. The normalized spacial score (nSPS) is 14.6. The summed E-state index contributed by atoms with van der Waals surface area (Å²) in [6.45, 7) is 8.75. The highest BCUT2D eigenvalue weighted by Crippen LogP contribution is 2.41. The van der Waals surface area contributed by atoms with E-state index in [9.17, 15) is 14.4 Å². The first kappa shape index (κ1) is 21.9. The molecule has 0 aromatic carbocycles. The zero-order chi connectivity index (χ0) is 17.0. The summed E-state index contributed by atoms with van der Waals surface area (Å²) in [6.07, 6.45) is 11.0. The third kappa shape index (κ3) is 11.5. The standard InChI is InChI=1S/C18H37O3P/c1-5-9-11-16(7-3)13-18(15-22(19,20)21)14-17(8-4)12-10-6-2/h15-17H,5-14H2,1-4H3,(H2,19,20,21). The van der Waals surface area contributed by atoms with Gasteiger partial charge in [0.15, 0.2) is 0 Å². The Kier molecular flexibility index (Phi) is 12.3. The van der Waals surface area contributed by atoms with Gasteiger partial charge in [-0.2, -0.15) is 0 Å². The van der Waals surface area contributed by atoms with E-state index in [-0.39, 0.29) is 0 Å². The molecule has 0 spiro atoms. The topological polar surface area (TPSA) is 57.5 Å². The van der Waals surface area contributed by atoms with Gasteiger partial charge in [0.1, 0.15) is 0 Å². The summed E-state index contributed by atoms with van der Waals surface area (Å²) in [6, 6.07) is 0. The van der Waals surface area contributed by atoms with E-state index >= 15 is 0 Å². The van der Waals surface area contributed by atoms with Gasteiger partial charge >= 0.3 is 7.60 Å². The Balaban J connectivity index is 4.88. The first-order valence-corrected chi connectivity index (χ1v) is 10.8. The SMILES string of the molecule is CCCCC(CC)CC(=CP(=O)(O)O)CC(CC)CCCC. The van der Waals surface area contributed by atoms with Crippen molar-refractivity contribution in [3.05, 3.63) is 11.4 Å². The molecule has 0 amide bonds. The Morgan fingerprint density at radius 3 is 1.59 bits per heavy atom. The molecule has 0 aliphatic rings. The van der Waals surface area contributed by atoms with Crippen LogP contribution in [0.2, 0.25) is 0 Å². The van der Waals surface area contributed by atoms with Gasteiger partial charge in [0.25, 0.3) is 0 Å². The van der Waals surface area contributed by atoms with Crippen LogP contribution in [0.3, 0.4) is 0 Å². The fraction of sp³-hybridized carbons (Fsp3) is 0.889. The predicted molar refractivity (Wildman–Crippen MR) is 96.0 cm³/mol. The third-order valence-electron chi connectivity index (χ3n) is 4.54. The zero-order valence-corrected chi connectivity index (χ0v) is 15.9. The fourth-order valence-electron chi connectivity index (χ4n) is 3.05. The van der Waals surface area contributed by atoms with E-state index < -0.39 is 7.60 Å². The van der Waals surface area contributed by atoms with Crippen molar-refractivity contribution < 1.29 is 14.4 Å². The lowest BCUT2D eigenvalue weighted by atomic mass is 9.86. The van der Waals surface area contributed by atoms with Gasteiger partial charge < -0.3 is 9.79 Å². The molecular weight excluding hydrogens is 295 g/mol. The molecule has 0 saturated carbocycles. The van der Waals surface area contributed by atoms with E-state index in [0.29, 0.717) is 11.8 Å². The summed E-state index contributed by atoms with van der Waals surface area (Å²) >= 11 is 0. The number of rotatable bonds is 13. The van der Waals surface area contributed by atoms with E-state index in [1.807, 2.05) is 0 Å². The minimum Gasteiger partial charge on any atom is -0.321 e. The van der Waals surface area contributed by atoms with Gasteiger partial charge in [0.05, 0.1) is 0 Å². The summed E-state index contributed by atoms with van der Waals surface area (Å²) < 4.78 is 11.4. The number of hydrogen-bond acceptors (Lipinski definition) is 1. The van der Waals surface area contributed by atoms with E-state index in [2.05, 4.69) is 27.7 Å². The highest BCUT2D eigenvalue weighted by molar-refractivity contribution is 7.55. The predicted octanol–water partition coefficient (Wildman–Crippen LogP) is 6.26. The Morgan fingerprint density at radius 1 is 0.909 bits per heavy atom. The molecule has 22 heavy (non-hydrogen) atoms. The molecule has 0 bridgehead atoms. The quantitative estimate of drug-likeness (QED) is 0.391. The molecule has 0 radical (unpaired) electrons. The second-order valence-electron chi connectivity index (χ2n) is 6.62. The van der Waals surface area contributed by atoms with Crippen molar-refractivity contribution in [3.63, 3.8) is 0 Å². The monoisotopic (exact) mass is 332 g/mol. The Bertz CT molecular complexity index is 326. The van der Waals surface area contributed by atoms with E-state index in [1.54, 1.807) is 0 Å². The second-order valence-corrected chi connectivity index (χ2v) is 8.05. The van der Waals surface area contributed by atoms with Crippen LogP contribution in [0.25, 0.3) is 0 Å². The summed E-state index contributed by atoms with van der Waals surface area (Å²) in [5.41, 5.74) is 0.985. The summed E-state index contributed by atoms with van der Waals surface area (Å²) in [5, 5.41) is 0. The molecular formula is C18H37O3P. The Hall–Kier alpha value is -0.110. The number of unbranched alkanes of at least 4 members (excludes halogenated alkanes) is 2. The molecule has 2 unspecified atom stereocenters. The molecule has 0 rings (SSSR count). The summed E-state index contributed by atoms with van der Waals surface area (Å²) in [5.74, 6) is 2.37. The number of hydrogen-bond donors (Lipinski definition) is 2. The van der Waals surface area contributed by atoms with Crippen molar-refractivity contribution in [1.29, 1.82) is 0 Å². The fourth-order valence-corrected chi connectivity index (χ4v) is 3.74. The van der Waals surface area contributed by atoms with Gasteiger partial charge in [-0.3, -0.25) is 4.57 Å². The molecule has 0 fully saturated rings. The van der Waals surface area contributed by atoms with Gasteiger partial charge in [0, 0.05) is 5.82 Å². The maximum Gasteiger partial charge on any atom is 0.349 e. The highest BCUT2D eigenvalue weighted by atomic mass is 31.2. The van der Waals surface area contributed by atoms with Crippen molar-refractivity contribution in [2.45, 2.75) is 91.9 Å². The van der Waals surface area contributed by atoms with Gasteiger partial charge in [-0.25, -0.2) is 0 Å². The largest absolute Gasteiger partial charge is 0.349 e. The average Bonchev–Trinajstić information content (AvgIpc) is 2.45. The van der Waals surface area contributed by atoms with Gasteiger partial charge in [0.2, 0.25) is 0 Å². The van der Waals surface area contributed by atoms with Crippen LogP contribution in [0.4, 0.5) is 0 Å². The Morgan fingerprint density at radius 2 is 1.32 bits per heavy atom. The molecule has 0 aliphatic carbocycles. The minimum absolute atomic E-state index is 0.557. The van der Waals surface area contributed by atoms with Crippen LogP contribution in [-0.2, 0) is 4.57 Å². The lowest BCUT2D eigenvalue weighted by molar-refractivity contribution is 0.381. The lowest BCUT2D eigenvalue weighted by Gasteiger charge is -2.21. The Labute approximate surface area is 137 Å². The molecule has 3 nitrogen and oxygen atoms in total. The maximum absolute atomic E-state index is 11.4. The smallest absolute Gasteiger partial charge is 0.321 e. The van der Waals surface area contributed by atoms with Crippen LogP contribution < -0.4 is 0 Å². The molecule has 0 aliphatic heterocycles. The van der Waals surface area contributed by atoms with Gasteiger partial charge in [-0.1, -0.05) is 84.6 Å².